The first-order valence-electron chi connectivity index (χ1n) is 8.85. The minimum atomic E-state index is -0.325. The number of carbonyl (C=O) groups is 1. The molecule has 0 saturated heterocycles. The molecule has 0 unspecified atom stereocenters. The van der Waals surface area contributed by atoms with E-state index in [2.05, 4.69) is 20.6 Å². The lowest BCUT2D eigenvalue weighted by Gasteiger charge is -2.12. The van der Waals surface area contributed by atoms with E-state index in [9.17, 15) is 4.79 Å². The van der Waals surface area contributed by atoms with Crippen molar-refractivity contribution >= 4 is 17.4 Å². The summed E-state index contributed by atoms with van der Waals surface area (Å²) in [5.74, 6) is 2.16. The van der Waals surface area contributed by atoms with Gasteiger partial charge in [0.05, 0.1) is 39.4 Å². The number of hydrogen-bond acceptors (Lipinski definition) is 7. The molecule has 1 aromatic heterocycles. The average Bonchev–Trinajstić information content (AvgIpc) is 2.78. The summed E-state index contributed by atoms with van der Waals surface area (Å²) in [6, 6.07) is 12.9. The van der Waals surface area contributed by atoms with Gasteiger partial charge in [-0.15, -0.1) is 0 Å². The molecule has 1 heterocycles. The molecule has 0 radical (unpaired) electrons. The predicted molar refractivity (Wildman–Crippen MR) is 109 cm³/mol. The number of benzene rings is 2. The van der Waals surface area contributed by atoms with E-state index in [1.54, 1.807) is 39.5 Å². The standard InChI is InChI=1S/C21H22N4O4/c1-27-15-8-9-19(29-3)16(10-15)25-20-13-22-17(12-23-20)21(26)24-11-14-6-4-5-7-18(14)28-2/h4-10,12-13H,11H2,1-3H3,(H,23,25)(H,24,26). The Labute approximate surface area is 168 Å². The van der Waals surface area contributed by atoms with Gasteiger partial charge in [0.15, 0.2) is 0 Å². The zero-order chi connectivity index (χ0) is 20.6. The number of hydrogen-bond donors (Lipinski definition) is 2. The summed E-state index contributed by atoms with van der Waals surface area (Å²) in [5.41, 5.74) is 1.76. The molecule has 8 nitrogen and oxygen atoms in total. The van der Waals surface area contributed by atoms with Crippen molar-refractivity contribution in [1.29, 1.82) is 0 Å². The number of rotatable bonds is 8. The van der Waals surface area contributed by atoms with Gasteiger partial charge in [0.2, 0.25) is 0 Å². The number of ether oxygens (including phenoxy) is 3. The highest BCUT2D eigenvalue weighted by Crippen LogP contribution is 2.30. The van der Waals surface area contributed by atoms with Gasteiger partial charge in [0.1, 0.15) is 28.8 Å². The molecule has 2 N–H and O–H groups in total. The van der Waals surface area contributed by atoms with Gasteiger partial charge in [-0.1, -0.05) is 18.2 Å². The summed E-state index contributed by atoms with van der Waals surface area (Å²) >= 11 is 0. The molecule has 0 aliphatic carbocycles. The first-order chi connectivity index (χ1) is 14.1. The molecule has 0 fully saturated rings. The van der Waals surface area contributed by atoms with Gasteiger partial charge in [-0.05, 0) is 18.2 Å². The third-order valence-corrected chi connectivity index (χ3v) is 4.19. The molecule has 150 valence electrons. The molecule has 3 aromatic rings. The van der Waals surface area contributed by atoms with Crippen LogP contribution in [0.25, 0.3) is 0 Å². The van der Waals surface area contributed by atoms with Crippen LogP contribution in [-0.2, 0) is 6.54 Å². The summed E-state index contributed by atoms with van der Waals surface area (Å²) in [4.78, 5) is 20.8. The van der Waals surface area contributed by atoms with E-state index in [1.807, 2.05) is 24.3 Å². The second-order valence-corrected chi connectivity index (χ2v) is 5.97. The van der Waals surface area contributed by atoms with Crippen LogP contribution in [0.15, 0.2) is 54.9 Å². The molecule has 29 heavy (non-hydrogen) atoms. The summed E-state index contributed by atoms with van der Waals surface area (Å²) in [6.45, 7) is 0.325. The Kier molecular flexibility index (Phi) is 6.47. The number of para-hydroxylation sites is 1. The second-order valence-electron chi connectivity index (χ2n) is 5.97. The van der Waals surface area contributed by atoms with Crippen LogP contribution in [0, 0.1) is 0 Å². The molecular formula is C21H22N4O4. The lowest BCUT2D eigenvalue weighted by atomic mass is 10.2. The number of carbonyl (C=O) groups excluding carboxylic acids is 1. The Hall–Kier alpha value is -3.81. The highest BCUT2D eigenvalue weighted by molar-refractivity contribution is 5.92. The Morgan fingerprint density at radius 2 is 1.72 bits per heavy atom. The van der Waals surface area contributed by atoms with Crippen LogP contribution in [0.2, 0.25) is 0 Å². The fourth-order valence-corrected chi connectivity index (χ4v) is 2.67. The molecule has 0 aliphatic heterocycles. The van der Waals surface area contributed by atoms with E-state index < -0.39 is 0 Å². The van der Waals surface area contributed by atoms with Gasteiger partial charge in [-0.3, -0.25) is 4.79 Å². The van der Waals surface area contributed by atoms with Gasteiger partial charge in [0.25, 0.3) is 5.91 Å². The third-order valence-electron chi connectivity index (χ3n) is 4.19. The van der Waals surface area contributed by atoms with Crippen LogP contribution in [0.5, 0.6) is 17.2 Å². The number of amides is 1. The van der Waals surface area contributed by atoms with Crippen molar-refractivity contribution < 1.29 is 19.0 Å². The van der Waals surface area contributed by atoms with Gasteiger partial charge in [0, 0.05) is 18.2 Å². The lowest BCUT2D eigenvalue weighted by Crippen LogP contribution is -2.24. The van der Waals surface area contributed by atoms with Crippen LogP contribution < -0.4 is 24.8 Å². The summed E-state index contributed by atoms with van der Waals surface area (Å²) in [5, 5.41) is 5.92. The second kappa shape index (κ2) is 9.41. The molecular weight excluding hydrogens is 372 g/mol. The highest BCUT2D eigenvalue weighted by Gasteiger charge is 2.11. The van der Waals surface area contributed by atoms with E-state index in [4.69, 9.17) is 14.2 Å². The minimum absolute atomic E-state index is 0.211. The molecule has 0 atom stereocenters. The molecule has 0 saturated carbocycles. The predicted octanol–water partition coefficient (Wildman–Crippen LogP) is 3.18. The zero-order valence-corrected chi connectivity index (χ0v) is 16.4. The Morgan fingerprint density at radius 1 is 0.931 bits per heavy atom. The number of methoxy groups -OCH3 is 3. The quantitative estimate of drug-likeness (QED) is 0.606. The summed E-state index contributed by atoms with van der Waals surface area (Å²) < 4.78 is 15.8. The van der Waals surface area contributed by atoms with Crippen molar-refractivity contribution in [3.8, 4) is 17.2 Å². The number of nitrogens with zero attached hydrogens (tertiary/aromatic N) is 2. The summed E-state index contributed by atoms with van der Waals surface area (Å²) in [6.07, 6.45) is 2.89. The van der Waals surface area contributed by atoms with E-state index >= 15 is 0 Å². The van der Waals surface area contributed by atoms with Gasteiger partial charge in [-0.25, -0.2) is 9.97 Å². The van der Waals surface area contributed by atoms with Crippen LogP contribution in [0.4, 0.5) is 11.5 Å². The van der Waals surface area contributed by atoms with Gasteiger partial charge >= 0.3 is 0 Å². The van der Waals surface area contributed by atoms with Crippen LogP contribution in [-0.4, -0.2) is 37.2 Å². The van der Waals surface area contributed by atoms with Crippen molar-refractivity contribution in [3.05, 3.63) is 66.1 Å². The van der Waals surface area contributed by atoms with Crippen LogP contribution in [0.1, 0.15) is 16.1 Å². The molecule has 3 rings (SSSR count). The maximum absolute atomic E-state index is 12.4. The molecule has 0 bridgehead atoms. The molecule has 2 aromatic carbocycles. The number of anilines is 2. The lowest BCUT2D eigenvalue weighted by molar-refractivity contribution is 0.0945. The van der Waals surface area contributed by atoms with Gasteiger partial charge in [-0.2, -0.15) is 0 Å². The third kappa shape index (κ3) is 4.92. The van der Waals surface area contributed by atoms with Crippen molar-refractivity contribution in [2.45, 2.75) is 6.54 Å². The molecule has 1 amide bonds. The first kappa shape index (κ1) is 19.9. The number of aromatic nitrogens is 2. The van der Waals surface area contributed by atoms with Gasteiger partial charge < -0.3 is 24.8 Å². The largest absolute Gasteiger partial charge is 0.497 e. The number of nitrogens with one attached hydrogen (secondary N) is 2. The molecule has 0 spiro atoms. The fourth-order valence-electron chi connectivity index (χ4n) is 2.67. The maximum atomic E-state index is 12.4. The van der Waals surface area contributed by atoms with Crippen LogP contribution >= 0.6 is 0 Å². The molecule has 8 heteroatoms. The normalized spacial score (nSPS) is 10.2. The zero-order valence-electron chi connectivity index (χ0n) is 16.4. The van der Waals surface area contributed by atoms with Crippen molar-refractivity contribution in [2.24, 2.45) is 0 Å². The topological polar surface area (TPSA) is 94.6 Å². The minimum Gasteiger partial charge on any atom is -0.497 e. The Morgan fingerprint density at radius 3 is 2.41 bits per heavy atom. The SMILES string of the molecule is COc1ccc(OC)c(Nc2cnc(C(=O)NCc3ccccc3OC)cn2)c1. The van der Waals surface area contributed by atoms with E-state index in [0.29, 0.717) is 35.3 Å². The smallest absolute Gasteiger partial charge is 0.271 e. The maximum Gasteiger partial charge on any atom is 0.271 e. The van der Waals surface area contributed by atoms with Crippen molar-refractivity contribution in [3.63, 3.8) is 0 Å². The van der Waals surface area contributed by atoms with E-state index in [1.165, 1.54) is 12.4 Å². The Bertz CT molecular complexity index is 977. The van der Waals surface area contributed by atoms with Crippen LogP contribution in [0.3, 0.4) is 0 Å². The highest BCUT2D eigenvalue weighted by atomic mass is 16.5. The molecule has 0 aliphatic rings. The van der Waals surface area contributed by atoms with E-state index in [-0.39, 0.29) is 11.6 Å². The summed E-state index contributed by atoms with van der Waals surface area (Å²) in [7, 11) is 4.76. The van der Waals surface area contributed by atoms with Crippen molar-refractivity contribution in [1.82, 2.24) is 15.3 Å². The first-order valence-corrected chi connectivity index (χ1v) is 8.85. The van der Waals surface area contributed by atoms with E-state index in [0.717, 1.165) is 5.56 Å². The Balaban J connectivity index is 1.66. The average molecular weight is 394 g/mol. The van der Waals surface area contributed by atoms with Crippen molar-refractivity contribution in [2.75, 3.05) is 26.6 Å². The fraction of sp³-hybridized carbons (Fsp3) is 0.190. The monoisotopic (exact) mass is 394 g/mol.